The predicted octanol–water partition coefficient (Wildman–Crippen LogP) is 3.91. The monoisotopic (exact) mass is 242 g/mol. The van der Waals surface area contributed by atoms with Crippen molar-refractivity contribution in [2.75, 3.05) is 7.11 Å². The molecule has 1 aliphatic rings. The van der Waals surface area contributed by atoms with Gasteiger partial charge in [-0.2, -0.15) is 0 Å². The van der Waals surface area contributed by atoms with Gasteiger partial charge in [-0.3, -0.25) is 0 Å². The molecule has 1 aliphatic carbocycles. The lowest BCUT2D eigenvalue weighted by Crippen LogP contribution is -2.22. The Kier molecular flexibility index (Phi) is 5.46. The van der Waals surface area contributed by atoms with E-state index in [2.05, 4.69) is 20.8 Å². The Morgan fingerprint density at radius 3 is 2.35 bits per heavy atom. The molecular weight excluding hydrogens is 212 g/mol. The highest BCUT2D eigenvalue weighted by atomic mass is 16.5. The van der Waals surface area contributed by atoms with E-state index in [1.165, 1.54) is 25.7 Å². The molecule has 0 saturated heterocycles. The van der Waals surface area contributed by atoms with Gasteiger partial charge in [0, 0.05) is 7.11 Å². The molecule has 0 spiro atoms. The predicted molar refractivity (Wildman–Crippen MR) is 72.1 cm³/mol. The average Bonchev–Trinajstić information content (AvgIpc) is 2.96. The summed E-state index contributed by atoms with van der Waals surface area (Å²) >= 11 is 0. The van der Waals surface area contributed by atoms with E-state index in [1.54, 1.807) is 7.11 Å². The first kappa shape index (κ1) is 15.0. The van der Waals surface area contributed by atoms with Crippen LogP contribution in [-0.2, 0) is 4.74 Å². The van der Waals surface area contributed by atoms with Crippen molar-refractivity contribution in [1.82, 2.24) is 0 Å². The van der Waals surface area contributed by atoms with E-state index in [0.29, 0.717) is 0 Å². The third kappa shape index (κ3) is 6.42. The second kappa shape index (κ2) is 6.19. The van der Waals surface area contributed by atoms with Gasteiger partial charge in [-0.05, 0) is 45.4 Å². The van der Waals surface area contributed by atoms with Crippen molar-refractivity contribution < 1.29 is 9.84 Å². The van der Waals surface area contributed by atoms with E-state index in [4.69, 9.17) is 4.74 Å². The molecule has 0 bridgehead atoms. The summed E-state index contributed by atoms with van der Waals surface area (Å²) in [5.41, 5.74) is -0.222. The summed E-state index contributed by atoms with van der Waals surface area (Å²) in [5, 5.41) is 9.74. The topological polar surface area (TPSA) is 29.5 Å². The van der Waals surface area contributed by atoms with Crippen molar-refractivity contribution in [3.63, 3.8) is 0 Å². The van der Waals surface area contributed by atoms with Crippen LogP contribution in [0.25, 0.3) is 0 Å². The van der Waals surface area contributed by atoms with Crippen LogP contribution in [-0.4, -0.2) is 23.4 Å². The van der Waals surface area contributed by atoms with Crippen LogP contribution < -0.4 is 0 Å². The van der Waals surface area contributed by atoms with Gasteiger partial charge in [-0.1, -0.05) is 32.6 Å². The molecule has 1 saturated carbocycles. The normalized spacial score (nSPS) is 20.3. The lowest BCUT2D eigenvalue weighted by atomic mass is 9.93. The van der Waals surface area contributed by atoms with Crippen LogP contribution >= 0.6 is 0 Å². The van der Waals surface area contributed by atoms with Gasteiger partial charge in [0.1, 0.15) is 0 Å². The van der Waals surface area contributed by atoms with Gasteiger partial charge in [-0.25, -0.2) is 0 Å². The fourth-order valence-electron chi connectivity index (χ4n) is 2.30. The van der Waals surface area contributed by atoms with Crippen LogP contribution in [0.3, 0.4) is 0 Å². The number of methoxy groups -OCH3 is 1. The van der Waals surface area contributed by atoms with Crippen LogP contribution in [0.15, 0.2) is 0 Å². The second-order valence-corrected chi connectivity index (χ2v) is 6.58. The lowest BCUT2D eigenvalue weighted by Gasteiger charge is -2.23. The van der Waals surface area contributed by atoms with E-state index in [0.717, 1.165) is 31.6 Å². The lowest BCUT2D eigenvalue weighted by molar-refractivity contribution is 0.0126. The Morgan fingerprint density at radius 1 is 1.24 bits per heavy atom. The average molecular weight is 242 g/mol. The fraction of sp³-hybridized carbons (Fsp3) is 1.00. The van der Waals surface area contributed by atoms with Gasteiger partial charge < -0.3 is 9.84 Å². The number of rotatable bonds is 9. The Bertz CT molecular complexity index is 219. The first-order chi connectivity index (χ1) is 7.87. The SMILES string of the molecule is COC(C)(C)CCCC(C)CCCC1(O)CC1. The zero-order valence-electron chi connectivity index (χ0n) is 12.1. The Hall–Kier alpha value is -0.0800. The third-order valence-electron chi connectivity index (χ3n) is 4.19. The summed E-state index contributed by atoms with van der Waals surface area (Å²) in [6.07, 6.45) is 9.18. The van der Waals surface area contributed by atoms with Gasteiger partial charge in [-0.15, -0.1) is 0 Å². The standard InChI is InChI=1S/C15H30O2/c1-13(7-5-9-14(2,3)17-4)8-6-10-15(16)11-12-15/h13,16H,5-12H2,1-4H3. The van der Waals surface area contributed by atoms with Gasteiger partial charge in [0.2, 0.25) is 0 Å². The second-order valence-electron chi connectivity index (χ2n) is 6.58. The molecule has 0 aromatic heterocycles. The molecule has 0 heterocycles. The number of ether oxygens (including phenoxy) is 1. The van der Waals surface area contributed by atoms with Crippen molar-refractivity contribution in [2.24, 2.45) is 5.92 Å². The summed E-state index contributed by atoms with van der Waals surface area (Å²) in [4.78, 5) is 0. The summed E-state index contributed by atoms with van der Waals surface area (Å²) in [5.74, 6) is 0.782. The van der Waals surface area contributed by atoms with E-state index < -0.39 is 0 Å². The van der Waals surface area contributed by atoms with E-state index in [-0.39, 0.29) is 11.2 Å². The molecule has 0 aromatic rings. The van der Waals surface area contributed by atoms with Crippen LogP contribution in [0.2, 0.25) is 0 Å². The fourth-order valence-corrected chi connectivity index (χ4v) is 2.30. The molecule has 1 atom stereocenters. The number of hydrogen-bond acceptors (Lipinski definition) is 2. The summed E-state index contributed by atoms with van der Waals surface area (Å²) in [6, 6.07) is 0. The maximum absolute atomic E-state index is 9.74. The van der Waals surface area contributed by atoms with E-state index >= 15 is 0 Å². The molecule has 0 aromatic carbocycles. The minimum atomic E-state index is -0.252. The highest BCUT2D eigenvalue weighted by Crippen LogP contribution is 2.40. The molecule has 102 valence electrons. The molecule has 0 aliphatic heterocycles. The first-order valence-corrected chi connectivity index (χ1v) is 7.14. The van der Waals surface area contributed by atoms with E-state index in [1.807, 2.05) is 0 Å². The molecule has 2 heteroatoms. The maximum atomic E-state index is 9.74. The van der Waals surface area contributed by atoms with Crippen molar-refractivity contribution in [1.29, 1.82) is 0 Å². The van der Waals surface area contributed by atoms with Gasteiger partial charge in [0.05, 0.1) is 11.2 Å². The van der Waals surface area contributed by atoms with Crippen LogP contribution in [0.1, 0.15) is 72.1 Å². The Morgan fingerprint density at radius 2 is 1.82 bits per heavy atom. The van der Waals surface area contributed by atoms with Crippen molar-refractivity contribution >= 4 is 0 Å². The maximum Gasteiger partial charge on any atom is 0.0650 e. The van der Waals surface area contributed by atoms with Gasteiger partial charge in [0.15, 0.2) is 0 Å². The van der Waals surface area contributed by atoms with Crippen molar-refractivity contribution in [3.05, 3.63) is 0 Å². The summed E-state index contributed by atoms with van der Waals surface area (Å²) < 4.78 is 5.42. The molecule has 1 fully saturated rings. The summed E-state index contributed by atoms with van der Waals surface area (Å²) in [6.45, 7) is 6.64. The molecule has 1 N–H and O–H groups in total. The number of aliphatic hydroxyl groups is 1. The third-order valence-corrected chi connectivity index (χ3v) is 4.19. The van der Waals surface area contributed by atoms with Crippen LogP contribution in [0.5, 0.6) is 0 Å². The summed E-state index contributed by atoms with van der Waals surface area (Å²) in [7, 11) is 1.79. The Labute approximate surface area is 107 Å². The van der Waals surface area contributed by atoms with Gasteiger partial charge in [0.25, 0.3) is 0 Å². The Balaban J connectivity index is 1.99. The smallest absolute Gasteiger partial charge is 0.0650 e. The minimum absolute atomic E-state index is 0.0306. The number of hydrogen-bond donors (Lipinski definition) is 1. The zero-order valence-corrected chi connectivity index (χ0v) is 12.1. The quantitative estimate of drug-likeness (QED) is 0.664. The minimum Gasteiger partial charge on any atom is -0.390 e. The first-order valence-electron chi connectivity index (χ1n) is 7.14. The van der Waals surface area contributed by atoms with Gasteiger partial charge >= 0.3 is 0 Å². The zero-order chi connectivity index (χ0) is 12.9. The van der Waals surface area contributed by atoms with E-state index in [9.17, 15) is 5.11 Å². The highest BCUT2D eigenvalue weighted by Gasteiger charge is 2.39. The van der Waals surface area contributed by atoms with Crippen LogP contribution in [0, 0.1) is 5.92 Å². The molecule has 0 radical (unpaired) electrons. The molecule has 2 nitrogen and oxygen atoms in total. The van der Waals surface area contributed by atoms with Crippen LogP contribution in [0.4, 0.5) is 0 Å². The molecular formula is C15H30O2. The molecule has 1 rings (SSSR count). The van der Waals surface area contributed by atoms with Crippen molar-refractivity contribution in [2.45, 2.75) is 83.3 Å². The molecule has 0 amide bonds. The molecule has 1 unspecified atom stereocenters. The van der Waals surface area contributed by atoms with Crippen molar-refractivity contribution in [3.8, 4) is 0 Å². The highest BCUT2D eigenvalue weighted by molar-refractivity contribution is 4.92. The molecule has 17 heavy (non-hydrogen) atoms. The largest absolute Gasteiger partial charge is 0.390 e.